The summed E-state index contributed by atoms with van der Waals surface area (Å²) >= 11 is 0. The van der Waals surface area contributed by atoms with Crippen molar-refractivity contribution in [1.82, 2.24) is 0 Å². The molecule has 0 aliphatic carbocycles. The van der Waals surface area contributed by atoms with Crippen LogP contribution in [0.3, 0.4) is 0 Å². The molecule has 0 nitrogen and oxygen atoms in total. The van der Waals surface area contributed by atoms with Gasteiger partial charge in [0.2, 0.25) is 0 Å². The van der Waals surface area contributed by atoms with Crippen LogP contribution < -0.4 is 0 Å². The molecule has 4 heteroatoms. The van der Waals surface area contributed by atoms with Gasteiger partial charge in [0, 0.05) is 102 Å². The first-order valence-electron chi connectivity index (χ1n) is 0. The van der Waals surface area contributed by atoms with Gasteiger partial charge < -0.3 is 0 Å². The van der Waals surface area contributed by atoms with Gasteiger partial charge in [0.25, 0.3) is 0 Å². The Morgan fingerprint density at radius 3 is 1.00 bits per heavy atom. The largest absolute Gasteiger partial charge is 0 e. The van der Waals surface area contributed by atoms with E-state index in [4.69, 9.17) is 0 Å². The van der Waals surface area contributed by atoms with Crippen molar-refractivity contribution in [1.29, 1.82) is 0 Å². The Balaban J connectivity index is 0. The van der Waals surface area contributed by atoms with Crippen molar-refractivity contribution < 1.29 is 63.8 Å². The molecular formula is CaCdCuZn. The van der Waals surface area contributed by atoms with Crippen LogP contribution in [-0.4, -0.2) is 37.7 Å². The van der Waals surface area contributed by atoms with Crippen LogP contribution in [0.15, 0.2) is 0 Å². The fourth-order valence-electron chi connectivity index (χ4n) is 0. The molecule has 0 spiro atoms. The Morgan fingerprint density at radius 1 is 1.00 bits per heavy atom. The van der Waals surface area contributed by atoms with E-state index in [0.717, 1.165) is 0 Å². The zero-order valence-corrected chi connectivity index (χ0v) is 12.6. The minimum Gasteiger partial charge on any atom is 0 e. The number of rotatable bonds is 0. The van der Waals surface area contributed by atoms with E-state index in [1.807, 2.05) is 0 Å². The third-order valence-corrected chi connectivity index (χ3v) is 0. The van der Waals surface area contributed by atoms with Gasteiger partial charge in [0.1, 0.15) is 0 Å². The maximum absolute atomic E-state index is 0. The maximum Gasteiger partial charge on any atom is 0 e. The van der Waals surface area contributed by atoms with Crippen LogP contribution in [-0.2, 0) is 63.8 Å². The first-order valence-corrected chi connectivity index (χ1v) is 0. The molecule has 0 aromatic rings. The first kappa shape index (κ1) is 26.5. The van der Waals surface area contributed by atoms with Gasteiger partial charge in [-0.15, -0.1) is 0 Å². The van der Waals surface area contributed by atoms with Crippen LogP contribution >= 0.6 is 0 Å². The molecule has 0 N–H and O–H groups in total. The van der Waals surface area contributed by atoms with Gasteiger partial charge in [-0.25, -0.2) is 0 Å². The summed E-state index contributed by atoms with van der Waals surface area (Å²) in [6.45, 7) is 0. The second-order valence-electron chi connectivity index (χ2n) is 0. The van der Waals surface area contributed by atoms with Crippen molar-refractivity contribution in [3.05, 3.63) is 0 Å². The Labute approximate surface area is 99.2 Å². The summed E-state index contributed by atoms with van der Waals surface area (Å²) in [6, 6.07) is 0. The predicted molar refractivity (Wildman–Crippen MR) is 5.75 cm³/mol. The van der Waals surface area contributed by atoms with Crippen LogP contribution in [0.4, 0.5) is 0 Å². The Bertz CT molecular complexity index is 8.00. The summed E-state index contributed by atoms with van der Waals surface area (Å²) < 4.78 is 0. The second-order valence-corrected chi connectivity index (χ2v) is 0. The smallest absolute Gasteiger partial charge is 0 e. The van der Waals surface area contributed by atoms with Gasteiger partial charge in [-0.3, -0.25) is 0 Å². The van der Waals surface area contributed by atoms with E-state index in [1.54, 1.807) is 0 Å². The van der Waals surface area contributed by atoms with Crippen LogP contribution in [0.5, 0.6) is 0 Å². The zero-order chi connectivity index (χ0) is 0. The van der Waals surface area contributed by atoms with E-state index in [9.17, 15) is 0 Å². The predicted octanol–water partition coefficient (Wildman–Crippen LogP) is -0.388. The zero-order valence-electron chi connectivity index (χ0n) is 2.42. The third kappa shape index (κ3) is 9.01. The molecule has 0 amide bonds. The topological polar surface area (TPSA) is 0 Å². The normalized spacial score (nSPS) is 0. The molecule has 0 saturated carbocycles. The van der Waals surface area contributed by atoms with E-state index >= 15 is 0 Å². The third-order valence-electron chi connectivity index (χ3n) is 0. The van der Waals surface area contributed by atoms with Crippen molar-refractivity contribution in [2.24, 2.45) is 0 Å². The van der Waals surface area contributed by atoms with Crippen LogP contribution in [0.1, 0.15) is 0 Å². The van der Waals surface area contributed by atoms with Crippen LogP contribution in [0.25, 0.3) is 0 Å². The van der Waals surface area contributed by atoms with E-state index in [0.29, 0.717) is 0 Å². The summed E-state index contributed by atoms with van der Waals surface area (Å²) in [5.41, 5.74) is 0. The Morgan fingerprint density at radius 2 is 1.00 bits per heavy atom. The van der Waals surface area contributed by atoms with E-state index in [1.165, 1.54) is 0 Å². The van der Waals surface area contributed by atoms with Crippen LogP contribution in [0.2, 0.25) is 0 Å². The SMILES string of the molecule is [Ca].[Cd].[Cu].[Zn]. The van der Waals surface area contributed by atoms with Crippen molar-refractivity contribution in [3.8, 4) is 0 Å². The molecule has 0 atom stereocenters. The maximum atomic E-state index is 0. The average molecular weight is 281 g/mol. The summed E-state index contributed by atoms with van der Waals surface area (Å²) in [7, 11) is 0. The molecule has 0 bridgehead atoms. The Hall–Kier alpha value is 3.32. The van der Waals surface area contributed by atoms with Gasteiger partial charge in [-0.1, -0.05) is 0 Å². The van der Waals surface area contributed by atoms with Crippen LogP contribution in [0, 0.1) is 0 Å². The number of hydrogen-bond acceptors (Lipinski definition) is 0. The monoisotopic (exact) mass is 281 g/mol. The van der Waals surface area contributed by atoms with Gasteiger partial charge >= 0.3 is 0 Å². The van der Waals surface area contributed by atoms with E-state index < -0.39 is 0 Å². The molecule has 17 valence electrons. The number of hydrogen-bond donors (Lipinski definition) is 0. The molecule has 0 aliphatic rings. The summed E-state index contributed by atoms with van der Waals surface area (Å²) in [5, 5.41) is 0. The molecule has 0 heterocycles. The first-order chi connectivity index (χ1) is 0. The molecule has 0 aromatic carbocycles. The summed E-state index contributed by atoms with van der Waals surface area (Å²) in [5.74, 6) is 0. The van der Waals surface area contributed by atoms with E-state index in [2.05, 4.69) is 0 Å². The molecular weight excluding hydrogens is 281 g/mol. The van der Waals surface area contributed by atoms with Gasteiger partial charge in [0.15, 0.2) is 0 Å². The Kier molecular flexibility index (Phi) is 108. The molecule has 0 unspecified atom stereocenters. The van der Waals surface area contributed by atoms with Crippen molar-refractivity contribution >= 4 is 37.7 Å². The fraction of sp³-hybridized carbons (Fsp3) is 0. The standard InChI is InChI=1S/Ca.Cd.Cu.Zn. The van der Waals surface area contributed by atoms with Crippen molar-refractivity contribution in [3.63, 3.8) is 0 Å². The minimum absolute atomic E-state index is 0. The fourth-order valence-corrected chi connectivity index (χ4v) is 0. The molecule has 0 aromatic heterocycles. The summed E-state index contributed by atoms with van der Waals surface area (Å²) in [4.78, 5) is 0. The molecule has 0 fully saturated rings. The van der Waals surface area contributed by atoms with Gasteiger partial charge in [-0.05, 0) is 0 Å². The van der Waals surface area contributed by atoms with Crippen molar-refractivity contribution in [2.75, 3.05) is 0 Å². The second kappa shape index (κ2) is 16.2. The van der Waals surface area contributed by atoms with Gasteiger partial charge in [-0.2, -0.15) is 0 Å². The summed E-state index contributed by atoms with van der Waals surface area (Å²) in [6.07, 6.45) is 0. The van der Waals surface area contributed by atoms with E-state index in [-0.39, 0.29) is 102 Å². The quantitative estimate of drug-likeness (QED) is 0.531. The molecule has 4 heavy (non-hydrogen) atoms. The minimum atomic E-state index is 0. The van der Waals surface area contributed by atoms with Gasteiger partial charge in [0.05, 0.1) is 0 Å². The molecule has 0 rings (SSSR count). The molecule has 3 radical (unpaired) electrons. The molecule has 0 aliphatic heterocycles. The van der Waals surface area contributed by atoms with Crippen molar-refractivity contribution in [2.45, 2.75) is 0 Å². The average Bonchev–Trinajstić information content (AvgIpc) is 0. The molecule has 0 saturated heterocycles.